The fourth-order valence-electron chi connectivity index (χ4n) is 1.85. The molecule has 1 saturated carbocycles. The molecule has 0 radical (unpaired) electrons. The maximum absolute atomic E-state index is 12.7. The molecule has 0 amide bonds. The quantitative estimate of drug-likeness (QED) is 0.464. The summed E-state index contributed by atoms with van der Waals surface area (Å²) in [6.07, 6.45) is 0. The molecule has 6 heteroatoms. The number of hydrogen-bond acceptors (Lipinski definition) is 1. The van der Waals surface area contributed by atoms with Gasteiger partial charge in [0.2, 0.25) is 0 Å². The first kappa shape index (κ1) is 8.56. The summed E-state index contributed by atoms with van der Waals surface area (Å²) in [5.74, 6) is -9.45. The number of rotatable bonds is 0. The molecule has 2 rings (SSSR count). The second-order valence-electron chi connectivity index (χ2n) is 3.24. The predicted octanol–water partition coefficient (Wildman–Crippen LogP) is 1.47. The van der Waals surface area contributed by atoms with E-state index in [1.54, 1.807) is 0 Å². The molecular formula is C6H6ClF4N. The van der Waals surface area contributed by atoms with Gasteiger partial charge in [0.25, 0.3) is 0 Å². The predicted molar refractivity (Wildman–Crippen MR) is 34.8 cm³/mol. The molecule has 1 heterocycles. The standard InChI is InChI=1S/C6H6ClF4N/c7-4-2-12-1-3(4)5(8,9)6(4,10)11/h3,12H,1-2H2/t3-,4-/m1/s1. The molecule has 1 saturated heterocycles. The van der Waals surface area contributed by atoms with Gasteiger partial charge in [-0.25, -0.2) is 0 Å². The first-order valence-corrected chi connectivity index (χ1v) is 3.87. The minimum Gasteiger partial charge on any atom is -0.314 e. The summed E-state index contributed by atoms with van der Waals surface area (Å²) in [7, 11) is 0. The third-order valence-corrected chi connectivity index (χ3v) is 3.30. The Hall–Kier alpha value is -0.0300. The molecule has 1 nitrogen and oxygen atoms in total. The van der Waals surface area contributed by atoms with Gasteiger partial charge in [0, 0.05) is 13.1 Å². The first-order valence-electron chi connectivity index (χ1n) is 3.49. The zero-order valence-electron chi connectivity index (χ0n) is 5.88. The molecule has 2 atom stereocenters. The zero-order chi connectivity index (χ0) is 9.20. The lowest BCUT2D eigenvalue weighted by molar-refractivity contribution is -0.326. The van der Waals surface area contributed by atoms with Gasteiger partial charge in [0.05, 0.1) is 5.92 Å². The van der Waals surface area contributed by atoms with Gasteiger partial charge in [-0.3, -0.25) is 0 Å². The molecule has 1 aliphatic heterocycles. The van der Waals surface area contributed by atoms with E-state index in [0.717, 1.165) is 0 Å². The van der Waals surface area contributed by atoms with Crippen LogP contribution in [0, 0.1) is 5.92 Å². The Labute approximate surface area is 71.1 Å². The Morgan fingerprint density at radius 1 is 1.25 bits per heavy atom. The first-order chi connectivity index (χ1) is 5.34. The lowest BCUT2D eigenvalue weighted by Crippen LogP contribution is -2.75. The van der Waals surface area contributed by atoms with E-state index in [2.05, 4.69) is 5.32 Å². The minimum atomic E-state index is -4.07. The molecular weight excluding hydrogens is 198 g/mol. The van der Waals surface area contributed by atoms with Crippen LogP contribution in [-0.4, -0.2) is 29.8 Å². The van der Waals surface area contributed by atoms with Crippen molar-refractivity contribution in [3.05, 3.63) is 0 Å². The van der Waals surface area contributed by atoms with Crippen molar-refractivity contribution in [3.63, 3.8) is 0 Å². The van der Waals surface area contributed by atoms with E-state index >= 15 is 0 Å². The average Bonchev–Trinajstić information content (AvgIpc) is 2.31. The van der Waals surface area contributed by atoms with E-state index in [0.29, 0.717) is 0 Å². The second-order valence-corrected chi connectivity index (χ2v) is 3.92. The molecule has 1 N–H and O–H groups in total. The number of fused-ring (bicyclic) bond motifs is 1. The summed E-state index contributed by atoms with van der Waals surface area (Å²) in [6, 6.07) is 0. The topological polar surface area (TPSA) is 12.0 Å². The van der Waals surface area contributed by atoms with Crippen LogP contribution in [0.5, 0.6) is 0 Å². The lowest BCUT2D eigenvalue weighted by atomic mass is 9.67. The van der Waals surface area contributed by atoms with Crippen molar-refractivity contribution < 1.29 is 17.6 Å². The van der Waals surface area contributed by atoms with Gasteiger partial charge in [-0.05, 0) is 0 Å². The molecule has 70 valence electrons. The van der Waals surface area contributed by atoms with Crippen LogP contribution in [0.25, 0.3) is 0 Å². The number of hydrogen-bond donors (Lipinski definition) is 1. The summed E-state index contributed by atoms with van der Waals surface area (Å²) in [5, 5.41) is 2.44. The van der Waals surface area contributed by atoms with Crippen LogP contribution in [0.3, 0.4) is 0 Å². The Balaban J connectivity index is 2.38. The van der Waals surface area contributed by atoms with Crippen LogP contribution in [-0.2, 0) is 0 Å². The highest BCUT2D eigenvalue weighted by Gasteiger charge is 2.87. The Morgan fingerprint density at radius 3 is 2.33 bits per heavy atom. The third-order valence-electron chi connectivity index (χ3n) is 2.66. The average molecular weight is 204 g/mol. The highest BCUT2D eigenvalue weighted by molar-refractivity contribution is 6.26. The maximum atomic E-state index is 12.7. The van der Waals surface area contributed by atoms with Crippen molar-refractivity contribution >= 4 is 11.6 Å². The van der Waals surface area contributed by atoms with Crippen LogP contribution in [0.2, 0.25) is 0 Å². The summed E-state index contributed by atoms with van der Waals surface area (Å²) >= 11 is 5.39. The minimum absolute atomic E-state index is 0.133. The van der Waals surface area contributed by atoms with Crippen LogP contribution in [0.1, 0.15) is 0 Å². The van der Waals surface area contributed by atoms with Crippen molar-refractivity contribution in [2.24, 2.45) is 5.92 Å². The van der Waals surface area contributed by atoms with E-state index in [-0.39, 0.29) is 13.1 Å². The fraction of sp³-hybridized carbons (Fsp3) is 1.00. The molecule has 1 aliphatic carbocycles. The van der Waals surface area contributed by atoms with Crippen molar-refractivity contribution in [3.8, 4) is 0 Å². The summed E-state index contributed by atoms with van der Waals surface area (Å²) in [6.45, 7) is -0.381. The highest BCUT2D eigenvalue weighted by Crippen LogP contribution is 2.66. The molecule has 2 fully saturated rings. The van der Waals surface area contributed by atoms with Crippen molar-refractivity contribution in [2.75, 3.05) is 13.1 Å². The van der Waals surface area contributed by atoms with Crippen molar-refractivity contribution in [2.45, 2.75) is 16.7 Å². The second kappa shape index (κ2) is 1.90. The maximum Gasteiger partial charge on any atom is 0.331 e. The number of alkyl halides is 5. The third kappa shape index (κ3) is 0.587. The van der Waals surface area contributed by atoms with E-state index in [9.17, 15) is 17.6 Å². The van der Waals surface area contributed by atoms with Gasteiger partial charge in [0.15, 0.2) is 0 Å². The molecule has 0 unspecified atom stereocenters. The van der Waals surface area contributed by atoms with Gasteiger partial charge < -0.3 is 5.32 Å². The zero-order valence-corrected chi connectivity index (χ0v) is 6.64. The largest absolute Gasteiger partial charge is 0.331 e. The monoisotopic (exact) mass is 203 g/mol. The van der Waals surface area contributed by atoms with Gasteiger partial charge in [-0.2, -0.15) is 17.6 Å². The Bertz CT molecular complexity index is 229. The highest BCUT2D eigenvalue weighted by atomic mass is 35.5. The SMILES string of the molecule is FC1(F)[C@@H]2CNC[C@]2(Cl)C1(F)F. The molecule has 0 aromatic heterocycles. The Morgan fingerprint density at radius 2 is 1.83 bits per heavy atom. The number of halogens is 5. The lowest BCUT2D eigenvalue weighted by Gasteiger charge is -2.52. The smallest absolute Gasteiger partial charge is 0.314 e. The van der Waals surface area contributed by atoms with Crippen molar-refractivity contribution in [1.29, 1.82) is 0 Å². The molecule has 0 aromatic rings. The summed E-state index contributed by atoms with van der Waals surface area (Å²) < 4.78 is 50.8. The van der Waals surface area contributed by atoms with Gasteiger partial charge in [0.1, 0.15) is 4.87 Å². The summed E-state index contributed by atoms with van der Waals surface area (Å²) in [4.78, 5) is -2.06. The van der Waals surface area contributed by atoms with Crippen molar-refractivity contribution in [1.82, 2.24) is 5.32 Å². The van der Waals surface area contributed by atoms with Gasteiger partial charge in [-0.15, -0.1) is 11.6 Å². The van der Waals surface area contributed by atoms with Gasteiger partial charge >= 0.3 is 11.8 Å². The Kier molecular flexibility index (Phi) is 1.35. The van der Waals surface area contributed by atoms with Crippen LogP contribution in [0.4, 0.5) is 17.6 Å². The molecule has 0 spiro atoms. The number of nitrogens with one attached hydrogen (secondary N) is 1. The van der Waals surface area contributed by atoms with Crippen LogP contribution < -0.4 is 5.32 Å². The molecule has 12 heavy (non-hydrogen) atoms. The van der Waals surface area contributed by atoms with Crippen LogP contribution >= 0.6 is 11.6 Å². The van der Waals surface area contributed by atoms with E-state index in [1.807, 2.05) is 0 Å². The molecule has 2 aliphatic rings. The summed E-state index contributed by atoms with van der Waals surface area (Å²) in [5.41, 5.74) is 0. The fourth-order valence-corrected chi connectivity index (χ4v) is 2.28. The van der Waals surface area contributed by atoms with E-state index in [4.69, 9.17) is 11.6 Å². The normalized spacial score (nSPS) is 48.2. The molecule has 0 bridgehead atoms. The van der Waals surface area contributed by atoms with E-state index in [1.165, 1.54) is 0 Å². The van der Waals surface area contributed by atoms with E-state index < -0.39 is 22.6 Å². The van der Waals surface area contributed by atoms with Gasteiger partial charge in [-0.1, -0.05) is 0 Å². The molecule has 0 aromatic carbocycles. The van der Waals surface area contributed by atoms with Crippen LogP contribution in [0.15, 0.2) is 0 Å².